The van der Waals surface area contributed by atoms with Crippen molar-refractivity contribution in [2.45, 2.75) is 19.4 Å². The number of fused-ring (bicyclic) bond motifs is 1. The Bertz CT molecular complexity index is 527. The van der Waals surface area contributed by atoms with Gasteiger partial charge in [-0.2, -0.15) is 11.8 Å². The highest BCUT2D eigenvalue weighted by molar-refractivity contribution is 7.98. The van der Waals surface area contributed by atoms with E-state index in [-0.39, 0.29) is 0 Å². The second kappa shape index (κ2) is 5.96. The third kappa shape index (κ3) is 2.88. The van der Waals surface area contributed by atoms with Crippen molar-refractivity contribution in [1.82, 2.24) is 4.98 Å². The van der Waals surface area contributed by atoms with E-state index >= 15 is 0 Å². The number of thioether (sulfide) groups is 1. The van der Waals surface area contributed by atoms with Crippen molar-refractivity contribution in [2.75, 3.05) is 23.1 Å². The van der Waals surface area contributed by atoms with Gasteiger partial charge in [-0.1, -0.05) is 6.07 Å². The predicted octanol–water partition coefficient (Wildman–Crippen LogP) is 3.37. The number of nitrogens with zero attached hydrogens (tertiary/aromatic N) is 1. The van der Waals surface area contributed by atoms with E-state index in [0.717, 1.165) is 34.3 Å². The molecule has 0 aliphatic heterocycles. The molecule has 2 aromatic rings. The number of aromatic nitrogens is 1. The summed E-state index contributed by atoms with van der Waals surface area (Å²) >= 11 is 1.87. The van der Waals surface area contributed by atoms with Crippen LogP contribution in [0.25, 0.3) is 10.8 Å². The normalized spacial score (nSPS) is 12.6. The summed E-state index contributed by atoms with van der Waals surface area (Å²) in [7, 11) is 0. The molecule has 4 heteroatoms. The fourth-order valence-corrected chi connectivity index (χ4v) is 2.54. The number of nitrogen functional groups attached to an aromatic ring is 1. The van der Waals surface area contributed by atoms with Crippen molar-refractivity contribution < 1.29 is 0 Å². The topological polar surface area (TPSA) is 50.9 Å². The van der Waals surface area contributed by atoms with E-state index in [1.54, 1.807) is 6.20 Å². The molecular formula is C14H19N3S. The molecule has 0 saturated heterocycles. The standard InChI is InChI=1S/C14H19N3S/c1-10(6-8-18-2)17-13-4-3-11-9-16-7-5-12(11)14(13)15/h3-5,7,9-10,17H,6,8,15H2,1-2H3. The second-order valence-corrected chi connectivity index (χ2v) is 5.44. The van der Waals surface area contributed by atoms with Gasteiger partial charge in [0.05, 0.1) is 11.4 Å². The minimum atomic E-state index is 0.430. The summed E-state index contributed by atoms with van der Waals surface area (Å²) in [6, 6.07) is 6.48. The molecule has 1 unspecified atom stereocenters. The number of nitrogens with two attached hydrogens (primary N) is 1. The maximum absolute atomic E-state index is 6.20. The number of pyridine rings is 1. The smallest absolute Gasteiger partial charge is 0.0630 e. The lowest BCUT2D eigenvalue weighted by atomic mass is 10.1. The Balaban J connectivity index is 2.21. The number of benzene rings is 1. The molecule has 0 saturated carbocycles. The Labute approximate surface area is 112 Å². The van der Waals surface area contributed by atoms with Gasteiger partial charge in [0.25, 0.3) is 0 Å². The van der Waals surface area contributed by atoms with Gasteiger partial charge in [0.2, 0.25) is 0 Å². The maximum Gasteiger partial charge on any atom is 0.0630 e. The fraction of sp³-hybridized carbons (Fsp3) is 0.357. The van der Waals surface area contributed by atoms with E-state index in [9.17, 15) is 0 Å². The Hall–Kier alpha value is -1.42. The highest BCUT2D eigenvalue weighted by atomic mass is 32.2. The van der Waals surface area contributed by atoms with Crippen LogP contribution in [0.5, 0.6) is 0 Å². The van der Waals surface area contributed by atoms with Gasteiger partial charge >= 0.3 is 0 Å². The van der Waals surface area contributed by atoms with E-state index in [1.807, 2.05) is 30.1 Å². The van der Waals surface area contributed by atoms with Crippen molar-refractivity contribution in [1.29, 1.82) is 0 Å². The van der Waals surface area contributed by atoms with Gasteiger partial charge in [-0.05, 0) is 37.5 Å². The van der Waals surface area contributed by atoms with Crippen molar-refractivity contribution in [2.24, 2.45) is 0 Å². The van der Waals surface area contributed by atoms with Gasteiger partial charge in [0.15, 0.2) is 0 Å². The molecule has 0 amide bonds. The largest absolute Gasteiger partial charge is 0.397 e. The molecule has 1 aromatic carbocycles. The van der Waals surface area contributed by atoms with Crippen LogP contribution in [-0.4, -0.2) is 23.0 Å². The molecule has 0 aliphatic rings. The third-order valence-corrected chi connectivity index (χ3v) is 3.66. The SMILES string of the molecule is CSCCC(C)Nc1ccc2cnccc2c1N. The monoisotopic (exact) mass is 261 g/mol. The highest BCUT2D eigenvalue weighted by Gasteiger charge is 2.07. The van der Waals surface area contributed by atoms with Crippen molar-refractivity contribution in [3.8, 4) is 0 Å². The first kappa shape index (κ1) is 13.0. The number of nitrogens with one attached hydrogen (secondary N) is 1. The molecule has 0 bridgehead atoms. The van der Waals surface area contributed by atoms with Crippen LogP contribution < -0.4 is 11.1 Å². The molecule has 0 fully saturated rings. The molecule has 1 aromatic heterocycles. The molecular weight excluding hydrogens is 242 g/mol. The average molecular weight is 261 g/mol. The van der Waals surface area contributed by atoms with Crippen LogP contribution >= 0.6 is 11.8 Å². The average Bonchev–Trinajstić information content (AvgIpc) is 2.40. The first-order valence-electron chi connectivity index (χ1n) is 6.10. The summed E-state index contributed by atoms with van der Waals surface area (Å²) in [5.41, 5.74) is 8.03. The molecule has 0 spiro atoms. The minimum Gasteiger partial charge on any atom is -0.397 e. The summed E-state index contributed by atoms with van der Waals surface area (Å²) in [4.78, 5) is 4.11. The van der Waals surface area contributed by atoms with E-state index in [1.165, 1.54) is 0 Å². The van der Waals surface area contributed by atoms with E-state index in [4.69, 9.17) is 5.73 Å². The van der Waals surface area contributed by atoms with E-state index < -0.39 is 0 Å². The highest BCUT2D eigenvalue weighted by Crippen LogP contribution is 2.28. The molecule has 1 atom stereocenters. The predicted molar refractivity (Wildman–Crippen MR) is 82.2 cm³/mol. The first-order valence-corrected chi connectivity index (χ1v) is 7.49. The maximum atomic E-state index is 6.20. The molecule has 3 nitrogen and oxygen atoms in total. The molecule has 2 rings (SSSR count). The Morgan fingerprint density at radius 2 is 2.22 bits per heavy atom. The molecule has 3 N–H and O–H groups in total. The van der Waals surface area contributed by atoms with Crippen molar-refractivity contribution >= 4 is 33.9 Å². The van der Waals surface area contributed by atoms with Gasteiger partial charge in [0.1, 0.15) is 0 Å². The van der Waals surface area contributed by atoms with Crippen LogP contribution in [0.15, 0.2) is 30.6 Å². The molecule has 1 heterocycles. The summed E-state index contributed by atoms with van der Waals surface area (Å²) in [6.07, 6.45) is 6.88. The van der Waals surface area contributed by atoms with Crippen LogP contribution in [0, 0.1) is 0 Å². The zero-order valence-electron chi connectivity index (χ0n) is 10.8. The van der Waals surface area contributed by atoms with Gasteiger partial charge in [0, 0.05) is 29.2 Å². The summed E-state index contributed by atoms with van der Waals surface area (Å²) < 4.78 is 0. The fourth-order valence-electron chi connectivity index (χ4n) is 1.95. The van der Waals surface area contributed by atoms with Crippen LogP contribution in [0.3, 0.4) is 0 Å². The number of hydrogen-bond acceptors (Lipinski definition) is 4. The molecule has 0 aliphatic carbocycles. The Kier molecular flexibility index (Phi) is 4.31. The summed E-state index contributed by atoms with van der Waals surface area (Å²) in [6.45, 7) is 2.19. The van der Waals surface area contributed by atoms with Crippen LogP contribution in [-0.2, 0) is 0 Å². The number of anilines is 2. The van der Waals surface area contributed by atoms with Crippen LogP contribution in [0.2, 0.25) is 0 Å². The van der Waals surface area contributed by atoms with Gasteiger partial charge in [-0.15, -0.1) is 0 Å². The molecule has 0 radical (unpaired) electrons. The van der Waals surface area contributed by atoms with E-state index in [2.05, 4.69) is 29.5 Å². The summed E-state index contributed by atoms with van der Waals surface area (Å²) in [5, 5.41) is 5.62. The van der Waals surface area contributed by atoms with Crippen LogP contribution in [0.1, 0.15) is 13.3 Å². The zero-order chi connectivity index (χ0) is 13.0. The number of rotatable bonds is 5. The van der Waals surface area contributed by atoms with Gasteiger partial charge in [-0.25, -0.2) is 0 Å². The molecule has 96 valence electrons. The Morgan fingerprint density at radius 3 is 3.00 bits per heavy atom. The molecule has 18 heavy (non-hydrogen) atoms. The lowest BCUT2D eigenvalue weighted by Crippen LogP contribution is -2.16. The minimum absolute atomic E-state index is 0.430. The summed E-state index contributed by atoms with van der Waals surface area (Å²) in [5.74, 6) is 1.16. The number of hydrogen-bond donors (Lipinski definition) is 2. The lowest BCUT2D eigenvalue weighted by Gasteiger charge is -2.17. The van der Waals surface area contributed by atoms with Crippen molar-refractivity contribution in [3.63, 3.8) is 0 Å². The van der Waals surface area contributed by atoms with E-state index in [0.29, 0.717) is 6.04 Å². The quantitative estimate of drug-likeness (QED) is 0.810. The van der Waals surface area contributed by atoms with Crippen LogP contribution in [0.4, 0.5) is 11.4 Å². The lowest BCUT2D eigenvalue weighted by molar-refractivity contribution is 0.773. The van der Waals surface area contributed by atoms with Gasteiger partial charge in [-0.3, -0.25) is 4.98 Å². The van der Waals surface area contributed by atoms with Crippen molar-refractivity contribution in [3.05, 3.63) is 30.6 Å². The first-order chi connectivity index (χ1) is 8.72. The Morgan fingerprint density at radius 1 is 1.39 bits per heavy atom. The third-order valence-electron chi connectivity index (χ3n) is 3.02. The second-order valence-electron chi connectivity index (χ2n) is 4.45. The van der Waals surface area contributed by atoms with Gasteiger partial charge < -0.3 is 11.1 Å². The zero-order valence-corrected chi connectivity index (χ0v) is 11.6.